The number of hydrogen-bond donors (Lipinski definition) is 1. The van der Waals surface area contributed by atoms with E-state index in [1.807, 2.05) is 18.2 Å². The Bertz CT molecular complexity index is 1080. The number of rotatable bonds is 6. The molecule has 1 N–H and O–H groups in total. The minimum atomic E-state index is -0.0945. The van der Waals surface area contributed by atoms with Gasteiger partial charge in [0.15, 0.2) is 0 Å². The van der Waals surface area contributed by atoms with Gasteiger partial charge in [0.2, 0.25) is 0 Å². The van der Waals surface area contributed by atoms with Crippen LogP contribution in [0.4, 0.5) is 11.4 Å². The lowest BCUT2D eigenvalue weighted by atomic mass is 10.0. The molecule has 0 atom stereocenters. The van der Waals surface area contributed by atoms with Crippen molar-refractivity contribution < 1.29 is 9.53 Å². The Morgan fingerprint density at radius 1 is 1.09 bits per heavy atom. The van der Waals surface area contributed by atoms with Crippen LogP contribution in [0.15, 0.2) is 71.6 Å². The van der Waals surface area contributed by atoms with Crippen molar-refractivity contribution in [1.29, 1.82) is 0 Å². The van der Waals surface area contributed by atoms with E-state index < -0.39 is 0 Å². The van der Waals surface area contributed by atoms with Gasteiger partial charge in [0.1, 0.15) is 5.75 Å². The predicted molar refractivity (Wildman–Crippen MR) is 133 cm³/mol. The molecule has 0 spiro atoms. The summed E-state index contributed by atoms with van der Waals surface area (Å²) in [7, 11) is 0. The summed E-state index contributed by atoms with van der Waals surface area (Å²) in [6.07, 6.45) is 2.98. The second-order valence-electron chi connectivity index (χ2n) is 8.32. The maximum Gasteiger partial charge on any atom is 0.251 e. The lowest BCUT2D eigenvalue weighted by Gasteiger charge is -2.25. The number of carbonyl (C=O) groups excluding carboxylic acids is 1. The van der Waals surface area contributed by atoms with Crippen LogP contribution >= 0.6 is 11.8 Å². The minimum Gasteiger partial charge on any atom is -0.491 e. The van der Waals surface area contributed by atoms with Crippen molar-refractivity contribution in [3.05, 3.63) is 83.4 Å². The number of anilines is 2. The van der Waals surface area contributed by atoms with Crippen LogP contribution in [0, 0.1) is 0 Å². The molecular formula is C27H30N2O2S. The Morgan fingerprint density at radius 2 is 1.91 bits per heavy atom. The molecule has 1 aliphatic rings. The zero-order valence-corrected chi connectivity index (χ0v) is 19.7. The minimum absolute atomic E-state index is 0.0945. The van der Waals surface area contributed by atoms with Crippen LogP contribution in [-0.2, 0) is 6.54 Å². The molecule has 0 unspecified atom stereocenters. The number of amides is 1. The Balaban J connectivity index is 1.53. The highest BCUT2D eigenvalue weighted by atomic mass is 32.2. The third-order valence-electron chi connectivity index (χ3n) is 5.76. The molecule has 0 saturated carbocycles. The number of benzene rings is 3. The van der Waals surface area contributed by atoms with Gasteiger partial charge in [0, 0.05) is 29.2 Å². The number of nitrogens with zero attached hydrogens (tertiary/aromatic N) is 1. The molecule has 166 valence electrons. The molecule has 4 nitrogen and oxygen atoms in total. The van der Waals surface area contributed by atoms with Crippen molar-refractivity contribution in [1.82, 2.24) is 5.32 Å². The molecule has 0 saturated heterocycles. The lowest BCUT2D eigenvalue weighted by Crippen LogP contribution is -2.23. The van der Waals surface area contributed by atoms with Gasteiger partial charge in [-0.25, -0.2) is 0 Å². The molecule has 0 radical (unpaired) electrons. The monoisotopic (exact) mass is 446 g/mol. The number of hydrogen-bond acceptors (Lipinski definition) is 4. The van der Waals surface area contributed by atoms with Crippen LogP contribution < -0.4 is 15.0 Å². The predicted octanol–water partition coefficient (Wildman–Crippen LogP) is 6.38. The Labute approximate surface area is 195 Å². The summed E-state index contributed by atoms with van der Waals surface area (Å²) in [4.78, 5) is 16.3. The van der Waals surface area contributed by atoms with Crippen LogP contribution in [0.5, 0.6) is 5.75 Å². The second kappa shape index (κ2) is 10.1. The maximum absolute atomic E-state index is 12.8. The number of fused-ring (bicyclic) bond motifs is 1. The van der Waals surface area contributed by atoms with Gasteiger partial charge in [0.25, 0.3) is 5.91 Å². The zero-order valence-electron chi connectivity index (χ0n) is 18.9. The van der Waals surface area contributed by atoms with Gasteiger partial charge < -0.3 is 15.0 Å². The zero-order chi connectivity index (χ0) is 22.5. The van der Waals surface area contributed by atoms with Crippen LogP contribution in [-0.4, -0.2) is 25.3 Å². The van der Waals surface area contributed by atoms with E-state index in [1.165, 1.54) is 10.5 Å². The van der Waals surface area contributed by atoms with E-state index in [2.05, 4.69) is 78.9 Å². The summed E-state index contributed by atoms with van der Waals surface area (Å²) in [5.74, 6) is 1.14. The first kappa shape index (κ1) is 22.3. The van der Waals surface area contributed by atoms with E-state index in [9.17, 15) is 4.79 Å². The first-order valence-electron chi connectivity index (χ1n) is 11.1. The SMILES string of the molecule is CSc1ccc(CNC(=O)c2ccc3c(c2)OCCCN3c2cccc(C(C)C)c2)cc1. The van der Waals surface area contributed by atoms with Gasteiger partial charge in [-0.1, -0.05) is 38.1 Å². The Kier molecular flexibility index (Phi) is 7.05. The highest BCUT2D eigenvalue weighted by Crippen LogP contribution is 2.37. The van der Waals surface area contributed by atoms with Crippen LogP contribution in [0.1, 0.15) is 47.7 Å². The molecule has 1 heterocycles. The van der Waals surface area contributed by atoms with E-state index in [0.717, 1.165) is 35.7 Å². The summed E-state index contributed by atoms with van der Waals surface area (Å²) in [5, 5.41) is 3.02. The lowest BCUT2D eigenvalue weighted by molar-refractivity contribution is 0.0950. The average molecular weight is 447 g/mol. The molecule has 0 bridgehead atoms. The fraction of sp³-hybridized carbons (Fsp3) is 0.296. The van der Waals surface area contributed by atoms with Gasteiger partial charge in [-0.2, -0.15) is 0 Å². The van der Waals surface area contributed by atoms with Gasteiger partial charge in [-0.3, -0.25) is 4.79 Å². The normalized spacial score (nSPS) is 13.3. The van der Waals surface area contributed by atoms with Crippen molar-refractivity contribution in [3.63, 3.8) is 0 Å². The van der Waals surface area contributed by atoms with Crippen molar-refractivity contribution in [2.75, 3.05) is 24.3 Å². The third kappa shape index (κ3) is 5.10. The second-order valence-corrected chi connectivity index (χ2v) is 9.20. The first-order chi connectivity index (χ1) is 15.5. The van der Waals surface area contributed by atoms with Crippen molar-refractivity contribution >= 4 is 29.0 Å². The third-order valence-corrected chi connectivity index (χ3v) is 6.50. The molecule has 32 heavy (non-hydrogen) atoms. The largest absolute Gasteiger partial charge is 0.491 e. The van der Waals surface area contributed by atoms with E-state index >= 15 is 0 Å². The number of ether oxygens (including phenoxy) is 1. The number of nitrogens with one attached hydrogen (secondary N) is 1. The Morgan fingerprint density at radius 3 is 2.66 bits per heavy atom. The highest BCUT2D eigenvalue weighted by Gasteiger charge is 2.20. The molecule has 3 aromatic carbocycles. The van der Waals surface area contributed by atoms with Gasteiger partial charge >= 0.3 is 0 Å². The molecule has 4 rings (SSSR count). The number of thioether (sulfide) groups is 1. The quantitative estimate of drug-likeness (QED) is 0.446. The smallest absolute Gasteiger partial charge is 0.251 e. The average Bonchev–Trinajstić information content (AvgIpc) is 3.05. The van der Waals surface area contributed by atoms with E-state index in [4.69, 9.17) is 4.74 Å². The summed E-state index contributed by atoms with van der Waals surface area (Å²) < 4.78 is 6.03. The summed E-state index contributed by atoms with van der Waals surface area (Å²) in [6, 6.07) is 22.7. The van der Waals surface area contributed by atoms with Crippen LogP contribution in [0.3, 0.4) is 0 Å². The highest BCUT2D eigenvalue weighted by molar-refractivity contribution is 7.98. The molecular weight excluding hydrogens is 416 g/mol. The van der Waals surface area contributed by atoms with Gasteiger partial charge in [-0.05, 0) is 72.2 Å². The maximum atomic E-state index is 12.8. The van der Waals surface area contributed by atoms with Crippen molar-refractivity contribution in [3.8, 4) is 5.75 Å². The Hall–Kier alpha value is -2.92. The van der Waals surface area contributed by atoms with Crippen LogP contribution in [0.25, 0.3) is 0 Å². The molecule has 0 aliphatic carbocycles. The molecule has 1 amide bonds. The summed E-state index contributed by atoms with van der Waals surface area (Å²) in [6.45, 7) is 6.44. The molecule has 0 aromatic heterocycles. The van der Waals surface area contributed by atoms with E-state index in [1.54, 1.807) is 11.8 Å². The fourth-order valence-electron chi connectivity index (χ4n) is 3.87. The number of carbonyl (C=O) groups is 1. The molecule has 5 heteroatoms. The van der Waals surface area contributed by atoms with Crippen molar-refractivity contribution in [2.45, 2.75) is 37.6 Å². The molecule has 3 aromatic rings. The van der Waals surface area contributed by atoms with Gasteiger partial charge in [-0.15, -0.1) is 11.8 Å². The van der Waals surface area contributed by atoms with Gasteiger partial charge in [0.05, 0.1) is 12.3 Å². The first-order valence-corrected chi connectivity index (χ1v) is 12.3. The van der Waals surface area contributed by atoms with Crippen molar-refractivity contribution in [2.24, 2.45) is 0 Å². The standard InChI is InChI=1S/C27H30N2O2S/c1-19(2)21-6-4-7-23(16-21)29-14-5-15-31-26-17-22(10-13-25(26)29)27(30)28-18-20-8-11-24(32-3)12-9-20/h4,6-13,16-17,19H,5,14-15,18H2,1-3H3,(H,28,30). The summed E-state index contributed by atoms with van der Waals surface area (Å²) >= 11 is 1.71. The fourth-order valence-corrected chi connectivity index (χ4v) is 4.28. The van der Waals surface area contributed by atoms with E-state index in [0.29, 0.717) is 24.6 Å². The summed E-state index contributed by atoms with van der Waals surface area (Å²) in [5.41, 5.74) is 5.18. The van der Waals surface area contributed by atoms with E-state index in [-0.39, 0.29) is 5.91 Å². The molecule has 1 aliphatic heterocycles. The topological polar surface area (TPSA) is 41.6 Å². The van der Waals surface area contributed by atoms with Crippen LogP contribution in [0.2, 0.25) is 0 Å². The molecule has 0 fully saturated rings.